The molecule has 1 unspecified atom stereocenters. The molecule has 0 radical (unpaired) electrons. The fourth-order valence-corrected chi connectivity index (χ4v) is 1.76. The van der Waals surface area contributed by atoms with E-state index in [-0.39, 0.29) is 13.0 Å². The highest BCUT2D eigenvalue weighted by Gasteiger charge is 2.52. The van der Waals surface area contributed by atoms with Crippen LogP contribution in [0.3, 0.4) is 0 Å². The van der Waals surface area contributed by atoms with Gasteiger partial charge in [0.2, 0.25) is 5.91 Å². The lowest BCUT2D eigenvalue weighted by Gasteiger charge is -2.28. The van der Waals surface area contributed by atoms with E-state index in [9.17, 15) is 19.2 Å². The molecule has 7 heteroatoms. The summed E-state index contributed by atoms with van der Waals surface area (Å²) in [6, 6.07) is -0.811. The lowest BCUT2D eigenvalue weighted by molar-refractivity contribution is -0.150. The molecule has 17 heavy (non-hydrogen) atoms. The average molecular weight is 242 g/mol. The first-order chi connectivity index (χ1) is 7.82. The highest BCUT2D eigenvalue weighted by atomic mass is 16.5. The van der Waals surface area contributed by atoms with E-state index in [1.54, 1.807) is 6.92 Å². The molecule has 1 aliphatic rings. The standard InChI is InChI=1S/C10H14N2O5/c1-4-17-7(14)5-10(3)8(15)11-9(16)12(10)6(2)13/h4-5H2,1-3H3,(H,11,15,16). The Balaban J connectivity index is 2.97. The van der Waals surface area contributed by atoms with Crippen LogP contribution in [0.25, 0.3) is 0 Å². The zero-order valence-electron chi connectivity index (χ0n) is 9.90. The van der Waals surface area contributed by atoms with Crippen molar-refractivity contribution < 1.29 is 23.9 Å². The summed E-state index contributed by atoms with van der Waals surface area (Å²) in [5, 5.41) is 2.01. The molecule has 1 N–H and O–H groups in total. The average Bonchev–Trinajstić information content (AvgIpc) is 2.36. The molecule has 0 saturated carbocycles. The largest absolute Gasteiger partial charge is 0.466 e. The van der Waals surface area contributed by atoms with Crippen LogP contribution in [0.1, 0.15) is 27.2 Å². The minimum Gasteiger partial charge on any atom is -0.466 e. The quantitative estimate of drug-likeness (QED) is 0.546. The summed E-state index contributed by atoms with van der Waals surface area (Å²) in [5.41, 5.74) is -1.50. The molecule has 0 bridgehead atoms. The van der Waals surface area contributed by atoms with Gasteiger partial charge in [0.25, 0.3) is 5.91 Å². The van der Waals surface area contributed by atoms with E-state index in [2.05, 4.69) is 0 Å². The SMILES string of the molecule is CCOC(=O)CC1(C)C(=O)NC(=O)N1C(C)=O. The third kappa shape index (κ3) is 2.27. The van der Waals surface area contributed by atoms with Gasteiger partial charge in [-0.2, -0.15) is 0 Å². The monoisotopic (exact) mass is 242 g/mol. The molecular weight excluding hydrogens is 228 g/mol. The van der Waals surface area contributed by atoms with Gasteiger partial charge in [0.1, 0.15) is 5.54 Å². The third-order valence-corrected chi connectivity index (χ3v) is 2.52. The Kier molecular flexibility index (Phi) is 3.50. The molecule has 94 valence electrons. The Labute approximate surface area is 98.1 Å². The number of imide groups is 2. The molecule has 4 amide bonds. The van der Waals surface area contributed by atoms with Gasteiger partial charge in [-0.3, -0.25) is 19.7 Å². The Bertz CT molecular complexity index is 392. The Morgan fingerprint density at radius 1 is 1.41 bits per heavy atom. The zero-order valence-corrected chi connectivity index (χ0v) is 9.90. The lowest BCUT2D eigenvalue weighted by atomic mass is 9.96. The zero-order chi connectivity index (χ0) is 13.2. The molecule has 1 fully saturated rings. The van der Waals surface area contributed by atoms with Crippen molar-refractivity contribution in [3.05, 3.63) is 0 Å². The molecule has 0 spiro atoms. The van der Waals surface area contributed by atoms with Crippen LogP contribution in [0.5, 0.6) is 0 Å². The predicted molar refractivity (Wildman–Crippen MR) is 55.7 cm³/mol. The Hall–Kier alpha value is -1.92. The fraction of sp³-hybridized carbons (Fsp3) is 0.600. The Morgan fingerprint density at radius 2 is 2.00 bits per heavy atom. The maximum atomic E-state index is 11.6. The minimum absolute atomic E-state index is 0.171. The van der Waals surface area contributed by atoms with Crippen LogP contribution >= 0.6 is 0 Å². The smallest absolute Gasteiger partial charge is 0.331 e. The van der Waals surface area contributed by atoms with E-state index in [0.717, 1.165) is 11.8 Å². The third-order valence-electron chi connectivity index (χ3n) is 2.52. The number of hydrogen-bond donors (Lipinski definition) is 1. The van der Waals surface area contributed by atoms with E-state index in [1.165, 1.54) is 6.92 Å². The minimum atomic E-state index is -1.50. The summed E-state index contributed by atoms with van der Waals surface area (Å²) in [7, 11) is 0. The molecule has 1 saturated heterocycles. The van der Waals surface area contributed by atoms with Crippen LogP contribution in [0, 0.1) is 0 Å². The van der Waals surface area contributed by atoms with Gasteiger partial charge in [-0.1, -0.05) is 0 Å². The molecule has 1 aliphatic heterocycles. The number of nitrogens with one attached hydrogen (secondary N) is 1. The summed E-state index contributed by atoms with van der Waals surface area (Å²) in [4.78, 5) is 46.5. The van der Waals surface area contributed by atoms with E-state index >= 15 is 0 Å². The van der Waals surface area contributed by atoms with Crippen molar-refractivity contribution in [3.8, 4) is 0 Å². The number of carbonyl (C=O) groups is 4. The first kappa shape index (κ1) is 13.1. The van der Waals surface area contributed by atoms with Gasteiger partial charge in [-0.15, -0.1) is 0 Å². The summed E-state index contributed by atoms with van der Waals surface area (Å²) in [6.45, 7) is 4.31. The number of rotatable bonds is 3. The second-order valence-electron chi connectivity index (χ2n) is 3.87. The fourth-order valence-electron chi connectivity index (χ4n) is 1.76. The number of amides is 4. The van der Waals surface area contributed by atoms with Gasteiger partial charge in [-0.05, 0) is 13.8 Å². The van der Waals surface area contributed by atoms with E-state index in [1.807, 2.05) is 5.32 Å². The maximum Gasteiger partial charge on any atom is 0.331 e. The normalized spacial score (nSPS) is 23.6. The highest BCUT2D eigenvalue weighted by molar-refractivity contribution is 6.14. The van der Waals surface area contributed by atoms with Crippen molar-refractivity contribution in [2.75, 3.05) is 6.61 Å². The van der Waals surface area contributed by atoms with Gasteiger partial charge >= 0.3 is 12.0 Å². The van der Waals surface area contributed by atoms with Crippen molar-refractivity contribution in [1.29, 1.82) is 0 Å². The molecule has 1 heterocycles. The van der Waals surface area contributed by atoms with Crippen molar-refractivity contribution in [1.82, 2.24) is 10.2 Å². The molecule has 0 aromatic heterocycles. The summed E-state index contributed by atoms with van der Waals surface area (Å²) in [5.74, 6) is -1.91. The molecule has 0 aromatic rings. The van der Waals surface area contributed by atoms with Gasteiger partial charge in [-0.25, -0.2) is 9.69 Å². The molecule has 0 aromatic carbocycles. The van der Waals surface area contributed by atoms with Crippen molar-refractivity contribution in [2.24, 2.45) is 0 Å². The summed E-state index contributed by atoms with van der Waals surface area (Å²) >= 11 is 0. The van der Waals surface area contributed by atoms with Crippen LogP contribution in [0.2, 0.25) is 0 Å². The number of nitrogens with zero attached hydrogens (tertiary/aromatic N) is 1. The molecule has 1 atom stereocenters. The van der Waals surface area contributed by atoms with Crippen molar-refractivity contribution >= 4 is 23.8 Å². The number of carbonyl (C=O) groups excluding carboxylic acids is 4. The number of hydrogen-bond acceptors (Lipinski definition) is 5. The second kappa shape index (κ2) is 4.52. The van der Waals surface area contributed by atoms with Crippen molar-refractivity contribution in [2.45, 2.75) is 32.7 Å². The van der Waals surface area contributed by atoms with Crippen LogP contribution < -0.4 is 5.32 Å². The Morgan fingerprint density at radius 3 is 2.47 bits per heavy atom. The van der Waals surface area contributed by atoms with Gasteiger partial charge in [0.15, 0.2) is 0 Å². The van der Waals surface area contributed by atoms with Crippen LogP contribution in [0.4, 0.5) is 4.79 Å². The summed E-state index contributed by atoms with van der Waals surface area (Å²) in [6.07, 6.45) is -0.349. The molecular formula is C10H14N2O5. The first-order valence-electron chi connectivity index (χ1n) is 5.14. The lowest BCUT2D eigenvalue weighted by Crippen LogP contribution is -2.50. The van der Waals surface area contributed by atoms with Crippen LogP contribution in [-0.4, -0.2) is 40.9 Å². The number of esters is 1. The first-order valence-corrected chi connectivity index (χ1v) is 5.14. The second-order valence-corrected chi connectivity index (χ2v) is 3.87. The van der Waals surface area contributed by atoms with Gasteiger partial charge < -0.3 is 4.74 Å². The van der Waals surface area contributed by atoms with E-state index in [0.29, 0.717) is 0 Å². The van der Waals surface area contributed by atoms with Crippen LogP contribution in [-0.2, 0) is 19.1 Å². The van der Waals surface area contributed by atoms with E-state index < -0.39 is 29.4 Å². The maximum absolute atomic E-state index is 11.6. The molecule has 7 nitrogen and oxygen atoms in total. The number of urea groups is 1. The van der Waals surface area contributed by atoms with Gasteiger partial charge in [0, 0.05) is 6.92 Å². The van der Waals surface area contributed by atoms with Crippen molar-refractivity contribution in [3.63, 3.8) is 0 Å². The molecule has 1 rings (SSSR count). The van der Waals surface area contributed by atoms with Crippen LogP contribution in [0.15, 0.2) is 0 Å². The van der Waals surface area contributed by atoms with E-state index in [4.69, 9.17) is 4.74 Å². The molecule has 0 aliphatic carbocycles. The number of ether oxygens (including phenoxy) is 1. The highest BCUT2D eigenvalue weighted by Crippen LogP contribution is 2.26. The summed E-state index contributed by atoms with van der Waals surface area (Å²) < 4.78 is 4.71. The predicted octanol–water partition coefficient (Wildman–Crippen LogP) is -0.203. The topological polar surface area (TPSA) is 92.8 Å². The van der Waals surface area contributed by atoms with Gasteiger partial charge in [0.05, 0.1) is 13.0 Å².